The Morgan fingerprint density at radius 1 is 1.30 bits per heavy atom. The Morgan fingerprint density at radius 2 is 2.12 bits per heavy atom. The summed E-state index contributed by atoms with van der Waals surface area (Å²) in [5.41, 5.74) is 2.05. The first kappa shape index (κ1) is 23.1. The zero-order valence-corrected chi connectivity index (χ0v) is 19.9. The lowest BCUT2D eigenvalue weighted by Crippen LogP contribution is -2.23. The molecular weight excluding hydrogens is 432 g/mol. The van der Waals surface area contributed by atoms with Gasteiger partial charge in [0.25, 0.3) is 0 Å². The van der Waals surface area contributed by atoms with Crippen LogP contribution in [-0.4, -0.2) is 38.0 Å². The standard InChI is InChI=1S/C25H30N6OS/c1-33-25-29-28-23(31(25)20-8-2-3-9-20)12-6-16-27-24(32)14-13-19-18-30(17-7-15-26)22-11-5-4-10-21(19)22/h4-5,10-11,13-14,18,20H,2-3,6-9,12,16-17H2,1H3,(H,27,32)/b14-13+. The number of rotatable bonds is 10. The second-order valence-corrected chi connectivity index (χ2v) is 9.12. The van der Waals surface area contributed by atoms with Crippen molar-refractivity contribution in [1.29, 1.82) is 5.26 Å². The molecule has 2 aromatic heterocycles. The van der Waals surface area contributed by atoms with Crippen molar-refractivity contribution < 1.29 is 4.79 Å². The Kier molecular flexibility index (Phi) is 7.84. The molecule has 0 unspecified atom stereocenters. The van der Waals surface area contributed by atoms with Gasteiger partial charge in [-0.05, 0) is 37.7 Å². The summed E-state index contributed by atoms with van der Waals surface area (Å²) in [6.45, 7) is 1.24. The molecule has 1 amide bonds. The Morgan fingerprint density at radius 3 is 2.91 bits per heavy atom. The highest BCUT2D eigenvalue weighted by molar-refractivity contribution is 7.98. The van der Waals surface area contributed by atoms with E-state index in [0.29, 0.717) is 25.6 Å². The molecule has 4 rings (SSSR count). The number of aryl methyl sites for hydroxylation is 2. The van der Waals surface area contributed by atoms with Crippen molar-refractivity contribution in [2.75, 3.05) is 12.8 Å². The van der Waals surface area contributed by atoms with Crippen molar-refractivity contribution in [3.63, 3.8) is 0 Å². The maximum atomic E-state index is 12.4. The number of aromatic nitrogens is 4. The van der Waals surface area contributed by atoms with E-state index in [1.165, 1.54) is 25.7 Å². The number of para-hydroxylation sites is 1. The fraction of sp³-hybridized carbons (Fsp3) is 0.440. The third kappa shape index (κ3) is 5.48. The van der Waals surface area contributed by atoms with Crippen LogP contribution in [0.15, 0.2) is 41.7 Å². The number of hydrogen-bond donors (Lipinski definition) is 1. The molecule has 1 saturated carbocycles. The molecule has 7 nitrogen and oxygen atoms in total. The van der Waals surface area contributed by atoms with Gasteiger partial charge in [-0.15, -0.1) is 10.2 Å². The molecule has 1 aliphatic rings. The first-order valence-electron chi connectivity index (χ1n) is 11.6. The van der Waals surface area contributed by atoms with Gasteiger partial charge in [0.05, 0.1) is 12.5 Å². The Bertz CT molecular complexity index is 1170. The lowest BCUT2D eigenvalue weighted by atomic mass is 10.1. The number of thioether (sulfide) groups is 1. The van der Waals surface area contributed by atoms with Crippen LogP contribution in [0.1, 0.15) is 56.0 Å². The first-order valence-corrected chi connectivity index (χ1v) is 12.8. The van der Waals surface area contributed by atoms with Gasteiger partial charge < -0.3 is 14.5 Å². The Hall–Kier alpha value is -3.05. The smallest absolute Gasteiger partial charge is 0.244 e. The molecule has 0 atom stereocenters. The predicted molar refractivity (Wildman–Crippen MR) is 132 cm³/mol. The highest BCUT2D eigenvalue weighted by Crippen LogP contribution is 2.33. The van der Waals surface area contributed by atoms with E-state index < -0.39 is 0 Å². The quantitative estimate of drug-likeness (QED) is 0.267. The summed E-state index contributed by atoms with van der Waals surface area (Å²) in [6, 6.07) is 10.8. The van der Waals surface area contributed by atoms with Crippen LogP contribution in [0.25, 0.3) is 17.0 Å². The van der Waals surface area contributed by atoms with Gasteiger partial charge in [0.2, 0.25) is 5.91 Å². The van der Waals surface area contributed by atoms with Crippen LogP contribution < -0.4 is 5.32 Å². The topological polar surface area (TPSA) is 88.5 Å². The summed E-state index contributed by atoms with van der Waals surface area (Å²) >= 11 is 1.65. The summed E-state index contributed by atoms with van der Waals surface area (Å²) in [7, 11) is 0. The highest BCUT2D eigenvalue weighted by Gasteiger charge is 2.23. The van der Waals surface area contributed by atoms with E-state index in [2.05, 4.69) is 30.7 Å². The molecule has 0 bridgehead atoms. The van der Waals surface area contributed by atoms with E-state index in [0.717, 1.165) is 40.3 Å². The molecule has 1 N–H and O–H groups in total. The highest BCUT2D eigenvalue weighted by atomic mass is 32.2. The zero-order valence-electron chi connectivity index (χ0n) is 19.0. The third-order valence-corrected chi connectivity index (χ3v) is 6.83. The van der Waals surface area contributed by atoms with Crippen LogP contribution >= 0.6 is 11.8 Å². The summed E-state index contributed by atoms with van der Waals surface area (Å²) in [5, 5.41) is 22.7. The second kappa shape index (κ2) is 11.2. The molecule has 0 aliphatic heterocycles. The molecular formula is C25H30N6OS. The van der Waals surface area contributed by atoms with Gasteiger partial charge in [-0.1, -0.05) is 42.8 Å². The van der Waals surface area contributed by atoms with E-state index in [1.807, 2.05) is 42.8 Å². The molecule has 0 radical (unpaired) electrons. The lowest BCUT2D eigenvalue weighted by molar-refractivity contribution is -0.116. The Balaban J connectivity index is 1.32. The van der Waals surface area contributed by atoms with Crippen molar-refractivity contribution in [3.05, 3.63) is 47.9 Å². The predicted octanol–water partition coefficient (Wildman–Crippen LogP) is 4.75. The van der Waals surface area contributed by atoms with Gasteiger partial charge >= 0.3 is 0 Å². The monoisotopic (exact) mass is 462 g/mol. The number of nitrogens with zero attached hydrogens (tertiary/aromatic N) is 5. The number of carbonyl (C=O) groups is 1. The van der Waals surface area contributed by atoms with E-state index in [-0.39, 0.29) is 5.91 Å². The summed E-state index contributed by atoms with van der Waals surface area (Å²) in [4.78, 5) is 12.4. The number of nitriles is 1. The number of carbonyl (C=O) groups excluding carboxylic acids is 1. The normalized spacial score (nSPS) is 14.3. The van der Waals surface area contributed by atoms with Crippen molar-refractivity contribution in [3.8, 4) is 6.07 Å². The summed E-state index contributed by atoms with van der Waals surface area (Å²) in [5.74, 6) is 0.923. The minimum Gasteiger partial charge on any atom is -0.353 e. The molecule has 172 valence electrons. The molecule has 0 spiro atoms. The van der Waals surface area contributed by atoms with Gasteiger partial charge in [0, 0.05) is 54.3 Å². The average Bonchev–Trinajstić information content (AvgIpc) is 3.57. The maximum absolute atomic E-state index is 12.4. The fourth-order valence-corrected chi connectivity index (χ4v) is 5.17. The van der Waals surface area contributed by atoms with Crippen LogP contribution in [0.5, 0.6) is 0 Å². The van der Waals surface area contributed by atoms with Gasteiger partial charge in [0.1, 0.15) is 5.82 Å². The molecule has 1 aliphatic carbocycles. The lowest BCUT2D eigenvalue weighted by Gasteiger charge is -2.16. The second-order valence-electron chi connectivity index (χ2n) is 8.34. The van der Waals surface area contributed by atoms with E-state index in [4.69, 9.17) is 5.26 Å². The van der Waals surface area contributed by atoms with Gasteiger partial charge in [-0.3, -0.25) is 4.79 Å². The van der Waals surface area contributed by atoms with Crippen molar-refractivity contribution in [2.45, 2.75) is 62.7 Å². The van der Waals surface area contributed by atoms with Crippen LogP contribution in [-0.2, 0) is 17.8 Å². The molecule has 1 fully saturated rings. The SMILES string of the molecule is CSc1nnc(CCCNC(=O)/C=C/c2cn(CCC#N)c3ccccc23)n1C1CCCC1. The van der Waals surface area contributed by atoms with Gasteiger partial charge in [0.15, 0.2) is 5.16 Å². The fourth-order valence-electron chi connectivity index (χ4n) is 4.59. The molecule has 3 aromatic rings. The average molecular weight is 463 g/mol. The molecule has 1 aromatic carbocycles. The molecule has 33 heavy (non-hydrogen) atoms. The van der Waals surface area contributed by atoms with Crippen molar-refractivity contribution in [2.24, 2.45) is 0 Å². The zero-order chi connectivity index (χ0) is 23.0. The van der Waals surface area contributed by atoms with E-state index in [1.54, 1.807) is 17.8 Å². The number of benzene rings is 1. The van der Waals surface area contributed by atoms with E-state index in [9.17, 15) is 4.79 Å². The molecule has 2 heterocycles. The maximum Gasteiger partial charge on any atom is 0.244 e. The van der Waals surface area contributed by atoms with Gasteiger partial charge in [-0.2, -0.15) is 5.26 Å². The van der Waals surface area contributed by atoms with E-state index >= 15 is 0 Å². The minimum absolute atomic E-state index is 0.106. The minimum atomic E-state index is -0.106. The third-order valence-electron chi connectivity index (χ3n) is 6.18. The van der Waals surface area contributed by atoms with Crippen LogP contribution in [0.2, 0.25) is 0 Å². The first-order chi connectivity index (χ1) is 16.2. The number of nitrogens with one attached hydrogen (secondary N) is 1. The Labute approximate surface area is 198 Å². The largest absolute Gasteiger partial charge is 0.353 e. The molecule has 0 saturated heterocycles. The summed E-state index contributed by atoms with van der Waals surface area (Å²) < 4.78 is 4.39. The number of fused-ring (bicyclic) bond motifs is 1. The number of hydrogen-bond acceptors (Lipinski definition) is 5. The molecule has 8 heteroatoms. The van der Waals surface area contributed by atoms with Gasteiger partial charge in [-0.25, -0.2) is 0 Å². The van der Waals surface area contributed by atoms with Crippen LogP contribution in [0.3, 0.4) is 0 Å². The van der Waals surface area contributed by atoms with Crippen LogP contribution in [0, 0.1) is 11.3 Å². The number of amides is 1. The van der Waals surface area contributed by atoms with Crippen LogP contribution in [0.4, 0.5) is 0 Å². The van der Waals surface area contributed by atoms with Crippen molar-refractivity contribution >= 4 is 34.6 Å². The summed E-state index contributed by atoms with van der Waals surface area (Å²) in [6.07, 6.45) is 14.5. The van der Waals surface area contributed by atoms with Crippen molar-refractivity contribution in [1.82, 2.24) is 24.6 Å².